The second-order valence-electron chi connectivity index (χ2n) is 6.87. The van der Waals surface area contributed by atoms with E-state index in [0.29, 0.717) is 6.42 Å². The van der Waals surface area contributed by atoms with Crippen LogP contribution in [0.3, 0.4) is 0 Å². The lowest BCUT2D eigenvalue weighted by Crippen LogP contribution is -2.32. The fourth-order valence-corrected chi connectivity index (χ4v) is 3.30. The molecule has 1 amide bonds. The van der Waals surface area contributed by atoms with Crippen molar-refractivity contribution in [1.82, 2.24) is 9.97 Å². The number of amides is 1. The van der Waals surface area contributed by atoms with Crippen molar-refractivity contribution in [2.75, 3.05) is 5.32 Å². The summed E-state index contributed by atoms with van der Waals surface area (Å²) >= 11 is 0. The minimum absolute atomic E-state index is 0.0640. The Hall–Kier alpha value is -2.88. The van der Waals surface area contributed by atoms with Crippen LogP contribution in [0.4, 0.5) is 5.69 Å². The highest BCUT2D eigenvalue weighted by Crippen LogP contribution is 2.38. The molecule has 120 valence electrons. The Morgan fingerprint density at radius 3 is 2.62 bits per heavy atom. The zero-order valence-corrected chi connectivity index (χ0v) is 13.8. The molecule has 0 aliphatic carbocycles. The Morgan fingerprint density at radius 1 is 1.04 bits per heavy atom. The summed E-state index contributed by atoms with van der Waals surface area (Å²) in [6.45, 7) is 4.20. The summed E-state index contributed by atoms with van der Waals surface area (Å²) in [6, 6.07) is 16.2. The number of aromatic nitrogens is 2. The molecule has 1 aliphatic rings. The van der Waals surface area contributed by atoms with E-state index < -0.39 is 0 Å². The van der Waals surface area contributed by atoms with Gasteiger partial charge in [0.05, 0.1) is 5.69 Å². The summed E-state index contributed by atoms with van der Waals surface area (Å²) in [6.07, 6.45) is 2.42. The van der Waals surface area contributed by atoms with E-state index in [-0.39, 0.29) is 11.3 Å². The van der Waals surface area contributed by atoms with Gasteiger partial charge in [-0.1, -0.05) is 56.3 Å². The minimum Gasteiger partial charge on any atom is -0.344 e. The Bertz CT molecular complexity index is 910. The van der Waals surface area contributed by atoms with Crippen molar-refractivity contribution >= 4 is 11.6 Å². The number of fused-ring (bicyclic) bond motifs is 1. The maximum absolute atomic E-state index is 11.9. The Balaban J connectivity index is 1.73. The number of aromatic amines is 1. The standard InChI is InChI=1S/C20H19N3O/c1-20(2)11-18(24)22-16-10-14(8-9-15(16)20)19-21-12-17(23-19)13-6-4-3-5-7-13/h3-10,12H,11H2,1-2H3,(H,21,23)(H,22,24). The van der Waals surface area contributed by atoms with Gasteiger partial charge in [0.1, 0.15) is 5.82 Å². The highest BCUT2D eigenvalue weighted by molar-refractivity contribution is 5.96. The van der Waals surface area contributed by atoms with Crippen molar-refractivity contribution < 1.29 is 4.79 Å². The molecule has 24 heavy (non-hydrogen) atoms. The highest BCUT2D eigenvalue weighted by Gasteiger charge is 2.31. The minimum atomic E-state index is -0.144. The molecule has 1 aliphatic heterocycles. The first kappa shape index (κ1) is 14.7. The Labute approximate surface area is 141 Å². The zero-order valence-electron chi connectivity index (χ0n) is 13.8. The molecule has 4 heteroatoms. The van der Waals surface area contributed by atoms with Crippen LogP contribution >= 0.6 is 0 Å². The van der Waals surface area contributed by atoms with E-state index in [1.807, 2.05) is 42.6 Å². The maximum Gasteiger partial charge on any atom is 0.225 e. The quantitative estimate of drug-likeness (QED) is 0.737. The molecule has 0 radical (unpaired) electrons. The number of carbonyl (C=O) groups is 1. The molecule has 2 heterocycles. The molecule has 0 spiro atoms. The summed E-state index contributed by atoms with van der Waals surface area (Å²) in [5, 5.41) is 2.98. The van der Waals surface area contributed by atoms with Crippen LogP contribution in [0.1, 0.15) is 25.8 Å². The number of hydrogen-bond acceptors (Lipinski definition) is 2. The Morgan fingerprint density at radius 2 is 1.83 bits per heavy atom. The molecule has 2 N–H and O–H groups in total. The lowest BCUT2D eigenvalue weighted by Gasteiger charge is -2.32. The SMILES string of the molecule is CC1(C)CC(=O)Nc2cc(-c3nc(-c4ccccc4)c[nH]3)ccc21. The second kappa shape index (κ2) is 5.34. The molecule has 0 atom stereocenters. The van der Waals surface area contributed by atoms with Gasteiger partial charge >= 0.3 is 0 Å². The van der Waals surface area contributed by atoms with Crippen LogP contribution < -0.4 is 5.32 Å². The highest BCUT2D eigenvalue weighted by atomic mass is 16.1. The monoisotopic (exact) mass is 317 g/mol. The van der Waals surface area contributed by atoms with Crippen LogP contribution in [-0.2, 0) is 10.2 Å². The molecule has 0 saturated carbocycles. The predicted octanol–water partition coefficient (Wildman–Crippen LogP) is 4.36. The van der Waals surface area contributed by atoms with Crippen LogP contribution in [0.5, 0.6) is 0 Å². The first-order valence-electron chi connectivity index (χ1n) is 8.08. The molecule has 2 aromatic carbocycles. The van der Waals surface area contributed by atoms with Crippen molar-refractivity contribution in [1.29, 1.82) is 0 Å². The van der Waals surface area contributed by atoms with Gasteiger partial charge in [0, 0.05) is 34.8 Å². The van der Waals surface area contributed by atoms with Crippen molar-refractivity contribution in [2.24, 2.45) is 0 Å². The summed E-state index contributed by atoms with van der Waals surface area (Å²) in [5.74, 6) is 0.864. The first-order valence-corrected chi connectivity index (χ1v) is 8.08. The number of H-pyrrole nitrogens is 1. The topological polar surface area (TPSA) is 57.8 Å². The number of hydrogen-bond donors (Lipinski definition) is 2. The van der Waals surface area contributed by atoms with Gasteiger partial charge < -0.3 is 10.3 Å². The lowest BCUT2D eigenvalue weighted by atomic mass is 9.77. The Kier molecular flexibility index (Phi) is 3.27. The van der Waals surface area contributed by atoms with E-state index in [4.69, 9.17) is 0 Å². The van der Waals surface area contributed by atoms with E-state index >= 15 is 0 Å². The maximum atomic E-state index is 11.9. The molecule has 3 aromatic rings. The smallest absolute Gasteiger partial charge is 0.225 e. The largest absolute Gasteiger partial charge is 0.344 e. The van der Waals surface area contributed by atoms with Crippen LogP contribution in [0.25, 0.3) is 22.6 Å². The number of nitrogens with one attached hydrogen (secondary N) is 2. The van der Waals surface area contributed by atoms with Gasteiger partial charge in [-0.05, 0) is 11.6 Å². The van der Waals surface area contributed by atoms with Gasteiger partial charge in [-0.15, -0.1) is 0 Å². The molecular formula is C20H19N3O. The third-order valence-corrected chi connectivity index (χ3v) is 4.55. The van der Waals surface area contributed by atoms with Crippen molar-refractivity contribution in [3.63, 3.8) is 0 Å². The van der Waals surface area contributed by atoms with Gasteiger partial charge in [-0.25, -0.2) is 4.98 Å². The number of carbonyl (C=O) groups excluding carboxylic acids is 1. The first-order chi connectivity index (χ1) is 11.5. The predicted molar refractivity (Wildman–Crippen MR) is 95.7 cm³/mol. The van der Waals surface area contributed by atoms with Crippen LogP contribution in [0.2, 0.25) is 0 Å². The van der Waals surface area contributed by atoms with Crippen molar-refractivity contribution in [2.45, 2.75) is 25.7 Å². The van der Waals surface area contributed by atoms with Gasteiger partial charge in [-0.2, -0.15) is 0 Å². The molecule has 1 aromatic heterocycles. The normalized spacial score (nSPS) is 15.7. The fraction of sp³-hybridized carbons (Fsp3) is 0.200. The summed E-state index contributed by atoms with van der Waals surface area (Å²) < 4.78 is 0. The average Bonchev–Trinajstić information content (AvgIpc) is 3.04. The fourth-order valence-electron chi connectivity index (χ4n) is 3.30. The van der Waals surface area contributed by atoms with E-state index in [2.05, 4.69) is 41.3 Å². The second-order valence-corrected chi connectivity index (χ2v) is 6.87. The average molecular weight is 317 g/mol. The summed E-state index contributed by atoms with van der Waals surface area (Å²) in [7, 11) is 0. The third-order valence-electron chi connectivity index (χ3n) is 4.55. The summed E-state index contributed by atoms with van der Waals surface area (Å²) in [5.41, 5.74) is 4.86. The number of imidazole rings is 1. The van der Waals surface area contributed by atoms with Gasteiger partial charge in [0.15, 0.2) is 0 Å². The number of nitrogens with zero attached hydrogens (tertiary/aromatic N) is 1. The number of anilines is 1. The molecule has 4 nitrogen and oxygen atoms in total. The van der Waals surface area contributed by atoms with E-state index in [1.165, 1.54) is 5.56 Å². The number of benzene rings is 2. The van der Waals surface area contributed by atoms with Crippen molar-refractivity contribution in [3.8, 4) is 22.6 Å². The molecule has 0 unspecified atom stereocenters. The molecule has 0 fully saturated rings. The summed E-state index contributed by atoms with van der Waals surface area (Å²) in [4.78, 5) is 19.9. The van der Waals surface area contributed by atoms with E-state index in [9.17, 15) is 4.79 Å². The van der Waals surface area contributed by atoms with E-state index in [1.54, 1.807) is 0 Å². The van der Waals surface area contributed by atoms with Gasteiger partial charge in [0.2, 0.25) is 5.91 Å². The lowest BCUT2D eigenvalue weighted by molar-refractivity contribution is -0.117. The molecule has 0 bridgehead atoms. The molecule has 4 rings (SSSR count). The third kappa shape index (κ3) is 2.50. The van der Waals surface area contributed by atoms with Gasteiger partial charge in [-0.3, -0.25) is 4.79 Å². The molecule has 0 saturated heterocycles. The van der Waals surface area contributed by atoms with Crippen LogP contribution in [0, 0.1) is 0 Å². The van der Waals surface area contributed by atoms with E-state index in [0.717, 1.165) is 28.3 Å². The zero-order chi connectivity index (χ0) is 16.7. The van der Waals surface area contributed by atoms with Gasteiger partial charge in [0.25, 0.3) is 0 Å². The van der Waals surface area contributed by atoms with Crippen molar-refractivity contribution in [3.05, 3.63) is 60.3 Å². The van der Waals surface area contributed by atoms with Crippen LogP contribution in [-0.4, -0.2) is 15.9 Å². The van der Waals surface area contributed by atoms with Crippen LogP contribution in [0.15, 0.2) is 54.7 Å². The number of rotatable bonds is 2. The molecular weight excluding hydrogens is 298 g/mol.